The molecule has 5 rings (SSSR count). The highest BCUT2D eigenvalue weighted by Gasteiger charge is 2.28. The zero-order chi connectivity index (χ0) is 27.7. The molecule has 1 atom stereocenters. The first-order valence-electron chi connectivity index (χ1n) is 14.0. The van der Waals surface area contributed by atoms with Crippen molar-refractivity contribution in [2.45, 2.75) is 66.5 Å². The molecule has 4 aromatic rings. The highest BCUT2D eigenvalue weighted by atomic mass is 16.5. The largest absolute Gasteiger partial charge is 0.466 e. The molecule has 0 amide bonds. The smallest absolute Gasteiger partial charge is 0.306 e. The van der Waals surface area contributed by atoms with Crippen LogP contribution in [0, 0.1) is 19.3 Å². The molecule has 1 aliphatic heterocycles. The lowest BCUT2D eigenvalue weighted by Gasteiger charge is -2.30. The number of rotatable bonds is 7. The Hall–Kier alpha value is -3.51. The van der Waals surface area contributed by atoms with Gasteiger partial charge in [0.05, 0.1) is 18.5 Å². The summed E-state index contributed by atoms with van der Waals surface area (Å²) in [4.78, 5) is 15.4. The fourth-order valence-corrected chi connectivity index (χ4v) is 6.21. The maximum atomic E-state index is 12.8. The highest BCUT2D eigenvalue weighted by molar-refractivity contribution is 5.80. The van der Waals surface area contributed by atoms with Crippen molar-refractivity contribution < 1.29 is 9.53 Å². The molecule has 3 aromatic carbocycles. The van der Waals surface area contributed by atoms with Crippen LogP contribution >= 0.6 is 0 Å². The first-order chi connectivity index (χ1) is 18.6. The third kappa shape index (κ3) is 5.76. The number of nitrogens with zero attached hydrogens (tertiary/aromatic N) is 4. The van der Waals surface area contributed by atoms with E-state index in [0.29, 0.717) is 6.61 Å². The second-order valence-corrected chi connectivity index (χ2v) is 11.9. The van der Waals surface area contributed by atoms with Crippen molar-refractivity contribution in [3.05, 3.63) is 93.5 Å². The van der Waals surface area contributed by atoms with Gasteiger partial charge in [0.15, 0.2) is 0 Å². The molecule has 0 radical (unpaired) electrons. The molecule has 0 saturated heterocycles. The molecule has 1 unspecified atom stereocenters. The van der Waals surface area contributed by atoms with E-state index in [1.807, 2.05) is 14.0 Å². The minimum absolute atomic E-state index is 0.129. The maximum absolute atomic E-state index is 12.8. The molecule has 0 aliphatic carbocycles. The van der Waals surface area contributed by atoms with Gasteiger partial charge in [-0.2, -0.15) is 0 Å². The lowest BCUT2D eigenvalue weighted by molar-refractivity contribution is -0.143. The van der Waals surface area contributed by atoms with Gasteiger partial charge in [0.25, 0.3) is 0 Å². The summed E-state index contributed by atoms with van der Waals surface area (Å²) in [5.74, 6) is -0.315. The summed E-state index contributed by atoms with van der Waals surface area (Å²) in [6.07, 6.45) is 1.37. The minimum atomic E-state index is -0.186. The van der Waals surface area contributed by atoms with Crippen molar-refractivity contribution in [3.63, 3.8) is 0 Å². The molecule has 2 heterocycles. The number of fused-ring (bicyclic) bond motifs is 2. The van der Waals surface area contributed by atoms with Crippen molar-refractivity contribution >= 4 is 17.0 Å². The van der Waals surface area contributed by atoms with Crippen LogP contribution in [0.25, 0.3) is 11.0 Å². The summed E-state index contributed by atoms with van der Waals surface area (Å²) in [7, 11) is 1.90. The van der Waals surface area contributed by atoms with Gasteiger partial charge in [0, 0.05) is 32.6 Å². The van der Waals surface area contributed by atoms with Crippen LogP contribution < -0.4 is 0 Å². The number of carbonyl (C=O) groups is 1. The summed E-state index contributed by atoms with van der Waals surface area (Å²) >= 11 is 0. The van der Waals surface area contributed by atoms with E-state index in [1.54, 1.807) is 4.68 Å². The number of benzene rings is 3. The van der Waals surface area contributed by atoms with Gasteiger partial charge in [-0.25, -0.2) is 4.68 Å². The Kier molecular flexibility index (Phi) is 7.59. The molecule has 0 fully saturated rings. The quantitative estimate of drug-likeness (QED) is 0.267. The maximum Gasteiger partial charge on any atom is 0.306 e. The van der Waals surface area contributed by atoms with Crippen molar-refractivity contribution in [1.29, 1.82) is 0 Å². The molecule has 0 N–H and O–H groups in total. The van der Waals surface area contributed by atoms with E-state index in [9.17, 15) is 4.79 Å². The van der Waals surface area contributed by atoms with Crippen molar-refractivity contribution in [1.82, 2.24) is 19.9 Å². The Morgan fingerprint density at radius 2 is 1.85 bits per heavy atom. The van der Waals surface area contributed by atoms with Crippen molar-refractivity contribution in [2.75, 3.05) is 13.2 Å². The number of aromatic nitrogens is 3. The number of ether oxygens (including phenoxy) is 1. The van der Waals surface area contributed by atoms with Gasteiger partial charge in [-0.05, 0) is 77.6 Å². The van der Waals surface area contributed by atoms with Gasteiger partial charge in [0.2, 0.25) is 0 Å². The number of carbonyl (C=O) groups excluding carboxylic acids is 1. The van der Waals surface area contributed by atoms with Crippen LogP contribution in [-0.2, 0) is 36.1 Å². The molecule has 6 nitrogen and oxygen atoms in total. The lowest BCUT2D eigenvalue weighted by atomic mass is 9.84. The van der Waals surface area contributed by atoms with Crippen LogP contribution in [-0.4, -0.2) is 39.0 Å². The topological polar surface area (TPSA) is 60.2 Å². The Bertz CT molecular complexity index is 1500. The number of hydrogen-bond donors (Lipinski definition) is 0. The van der Waals surface area contributed by atoms with E-state index >= 15 is 0 Å². The van der Waals surface area contributed by atoms with Crippen LogP contribution in [0.5, 0.6) is 0 Å². The summed E-state index contributed by atoms with van der Waals surface area (Å²) in [6.45, 7) is 14.1. The molecule has 204 valence electrons. The van der Waals surface area contributed by atoms with Crippen LogP contribution in [0.2, 0.25) is 0 Å². The summed E-state index contributed by atoms with van der Waals surface area (Å²) in [5, 5.41) is 8.63. The van der Waals surface area contributed by atoms with E-state index in [2.05, 4.69) is 97.5 Å². The fourth-order valence-electron chi connectivity index (χ4n) is 6.21. The molecule has 0 saturated carbocycles. The van der Waals surface area contributed by atoms with Crippen molar-refractivity contribution in [3.8, 4) is 0 Å². The van der Waals surface area contributed by atoms with E-state index in [-0.39, 0.29) is 23.7 Å². The summed E-state index contributed by atoms with van der Waals surface area (Å²) in [6, 6.07) is 19.7. The summed E-state index contributed by atoms with van der Waals surface area (Å²) < 4.78 is 7.20. The molecule has 39 heavy (non-hydrogen) atoms. The van der Waals surface area contributed by atoms with E-state index < -0.39 is 0 Å². The van der Waals surface area contributed by atoms with Crippen LogP contribution in [0.3, 0.4) is 0 Å². The van der Waals surface area contributed by atoms with Gasteiger partial charge < -0.3 is 4.74 Å². The number of hydrogen-bond acceptors (Lipinski definition) is 5. The zero-order valence-electron chi connectivity index (χ0n) is 24.1. The van der Waals surface area contributed by atoms with E-state index in [4.69, 9.17) is 4.74 Å². The Balaban J connectivity index is 1.51. The average molecular weight is 525 g/mol. The molecule has 6 heteroatoms. The molecule has 1 aliphatic rings. The van der Waals surface area contributed by atoms with Crippen LogP contribution in [0.15, 0.2) is 54.6 Å². The van der Waals surface area contributed by atoms with Crippen LogP contribution in [0.4, 0.5) is 0 Å². The normalized spacial score (nSPS) is 16.1. The Labute approximate surface area is 232 Å². The average Bonchev–Trinajstić information content (AvgIpc) is 3.20. The third-order valence-electron chi connectivity index (χ3n) is 8.13. The van der Waals surface area contributed by atoms with Gasteiger partial charge in [-0.15, -0.1) is 5.10 Å². The second kappa shape index (κ2) is 10.9. The SMILES string of the molecule is CCOC(=O)CC(c1ccc(C)c(CN2Cc3ccccc3CC(C)(C)C2)c1)c1ccc2c(nnn2C)c1C. The van der Waals surface area contributed by atoms with Gasteiger partial charge in [-0.3, -0.25) is 9.69 Å². The molecular weight excluding hydrogens is 484 g/mol. The Morgan fingerprint density at radius 3 is 2.62 bits per heavy atom. The minimum Gasteiger partial charge on any atom is -0.466 e. The molecule has 0 bridgehead atoms. The molecular formula is C33H40N4O2. The highest BCUT2D eigenvalue weighted by Crippen LogP contribution is 2.36. The third-order valence-corrected chi connectivity index (χ3v) is 8.13. The summed E-state index contributed by atoms with van der Waals surface area (Å²) in [5.41, 5.74) is 10.8. The zero-order valence-corrected chi connectivity index (χ0v) is 24.1. The lowest BCUT2D eigenvalue weighted by Crippen LogP contribution is -2.32. The predicted molar refractivity (Wildman–Crippen MR) is 156 cm³/mol. The van der Waals surface area contributed by atoms with Crippen molar-refractivity contribution in [2.24, 2.45) is 12.5 Å². The van der Waals surface area contributed by atoms with Gasteiger partial charge >= 0.3 is 5.97 Å². The number of aryl methyl sites for hydroxylation is 3. The second-order valence-electron chi connectivity index (χ2n) is 11.9. The molecule has 1 aromatic heterocycles. The fraction of sp³-hybridized carbons (Fsp3) is 0.424. The first-order valence-corrected chi connectivity index (χ1v) is 14.0. The number of esters is 1. The van der Waals surface area contributed by atoms with Crippen LogP contribution in [0.1, 0.15) is 72.1 Å². The van der Waals surface area contributed by atoms with E-state index in [0.717, 1.165) is 53.8 Å². The van der Waals surface area contributed by atoms with Gasteiger partial charge in [-0.1, -0.05) is 67.6 Å². The predicted octanol–water partition coefficient (Wildman–Crippen LogP) is 6.25. The van der Waals surface area contributed by atoms with E-state index in [1.165, 1.54) is 22.3 Å². The first kappa shape index (κ1) is 27.1. The monoisotopic (exact) mass is 524 g/mol. The Morgan fingerprint density at radius 1 is 1.08 bits per heavy atom. The van der Waals surface area contributed by atoms with Gasteiger partial charge in [0.1, 0.15) is 5.52 Å². The molecule has 0 spiro atoms. The standard InChI is InChI=1S/C33H40N4O2/c1-7-39-31(38)17-29(28-14-15-30-32(23(28)3)34-35-36(30)6)24-13-12-22(2)27(16-24)20-37-19-26-11-9-8-10-25(26)18-33(4,5)21-37/h8-16,29H,7,17-21H2,1-6H3.